The molecule has 8 nitrogen and oxygen atoms in total. The first-order chi connectivity index (χ1) is 14.4. The number of ketones is 1. The summed E-state index contributed by atoms with van der Waals surface area (Å²) < 4.78 is 5.26. The second-order valence-electron chi connectivity index (χ2n) is 7.94. The van der Waals surface area contributed by atoms with Crippen LogP contribution in [0.25, 0.3) is 0 Å². The van der Waals surface area contributed by atoms with Crippen LogP contribution in [0.3, 0.4) is 0 Å². The lowest BCUT2D eigenvalue weighted by Gasteiger charge is -2.30. The molecule has 1 aliphatic rings. The summed E-state index contributed by atoms with van der Waals surface area (Å²) >= 11 is 0. The summed E-state index contributed by atoms with van der Waals surface area (Å²) in [6.45, 7) is 5.19. The number of ether oxygens (including phenoxy) is 1. The zero-order valence-corrected chi connectivity index (χ0v) is 17.8. The molecular weight excluding hydrogens is 386 g/mol. The van der Waals surface area contributed by atoms with E-state index in [1.165, 1.54) is 0 Å². The van der Waals surface area contributed by atoms with Gasteiger partial charge in [0.25, 0.3) is 0 Å². The van der Waals surface area contributed by atoms with Crippen molar-refractivity contribution < 1.29 is 24.2 Å². The minimum Gasteiger partial charge on any atom is -0.389 e. The Labute approximate surface area is 178 Å². The Balaban J connectivity index is 2.01. The lowest BCUT2D eigenvalue weighted by molar-refractivity contribution is -0.130. The van der Waals surface area contributed by atoms with Crippen LogP contribution < -0.4 is 10.6 Å². The number of aryl methyl sites for hydroxylation is 1. The topological polar surface area (TPSA) is 108 Å². The average Bonchev–Trinajstić information content (AvgIpc) is 2.76. The second kappa shape index (κ2) is 12.3. The predicted molar refractivity (Wildman–Crippen MR) is 113 cm³/mol. The Kier molecular flexibility index (Phi) is 9.76. The molecule has 0 aromatic heterocycles. The van der Waals surface area contributed by atoms with E-state index in [0.717, 1.165) is 5.56 Å². The summed E-state index contributed by atoms with van der Waals surface area (Å²) in [6, 6.07) is 7.76. The number of morpholine rings is 1. The van der Waals surface area contributed by atoms with Crippen LogP contribution in [0.5, 0.6) is 0 Å². The normalized spacial score (nSPS) is 16.1. The molecule has 0 radical (unpaired) electrons. The standard InChI is InChI=1S/C22H33N3O5/c1-16(2)14-19(24-22(29)25-10-12-30-13-11-25)21(28)23-18(20(27)15-26)9-8-17-6-4-3-5-7-17/h3-7,16,18-19,26H,8-15H2,1-2H3,(H,23,28)(H,24,29)/t18-,19-/m0/s1. The van der Waals surface area contributed by atoms with Crippen molar-refractivity contribution in [2.24, 2.45) is 5.92 Å². The van der Waals surface area contributed by atoms with E-state index >= 15 is 0 Å². The largest absolute Gasteiger partial charge is 0.389 e. The van der Waals surface area contributed by atoms with E-state index in [-0.39, 0.29) is 11.9 Å². The number of hydrogen-bond donors (Lipinski definition) is 3. The van der Waals surface area contributed by atoms with E-state index in [1.54, 1.807) is 4.90 Å². The molecule has 166 valence electrons. The number of nitrogens with zero attached hydrogens (tertiary/aromatic N) is 1. The van der Waals surface area contributed by atoms with Crippen molar-refractivity contribution in [3.8, 4) is 0 Å². The Hall–Kier alpha value is -2.45. The van der Waals surface area contributed by atoms with Gasteiger partial charge in [0.2, 0.25) is 5.91 Å². The number of aliphatic hydroxyl groups is 1. The first kappa shape index (κ1) is 23.8. The third-order valence-electron chi connectivity index (χ3n) is 5.05. The lowest BCUT2D eigenvalue weighted by atomic mass is 10.00. The predicted octanol–water partition coefficient (Wildman–Crippen LogP) is 1.12. The van der Waals surface area contributed by atoms with E-state index in [9.17, 15) is 19.5 Å². The van der Waals surface area contributed by atoms with Gasteiger partial charge in [-0.1, -0.05) is 44.2 Å². The van der Waals surface area contributed by atoms with Gasteiger partial charge < -0.3 is 25.4 Å². The molecule has 1 saturated heterocycles. The first-order valence-corrected chi connectivity index (χ1v) is 10.5. The Bertz CT molecular complexity index is 689. The van der Waals surface area contributed by atoms with E-state index in [4.69, 9.17) is 4.74 Å². The van der Waals surface area contributed by atoms with Gasteiger partial charge in [0.1, 0.15) is 12.6 Å². The number of urea groups is 1. The summed E-state index contributed by atoms with van der Waals surface area (Å²) in [6.07, 6.45) is 1.41. The van der Waals surface area contributed by atoms with Gasteiger partial charge in [0, 0.05) is 13.1 Å². The van der Waals surface area contributed by atoms with Crippen LogP contribution in [0, 0.1) is 5.92 Å². The molecule has 1 fully saturated rings. The minimum absolute atomic E-state index is 0.169. The smallest absolute Gasteiger partial charge is 0.318 e. The van der Waals surface area contributed by atoms with Crippen molar-refractivity contribution in [2.75, 3.05) is 32.9 Å². The first-order valence-electron chi connectivity index (χ1n) is 10.5. The molecule has 1 aromatic rings. The average molecular weight is 420 g/mol. The molecule has 0 spiro atoms. The second-order valence-corrected chi connectivity index (χ2v) is 7.94. The number of benzene rings is 1. The number of rotatable bonds is 10. The van der Waals surface area contributed by atoms with Crippen molar-refractivity contribution in [2.45, 2.75) is 45.2 Å². The molecule has 0 bridgehead atoms. The summed E-state index contributed by atoms with van der Waals surface area (Å²) in [7, 11) is 0. The van der Waals surface area contributed by atoms with Crippen LogP contribution in [0.1, 0.15) is 32.3 Å². The highest BCUT2D eigenvalue weighted by Gasteiger charge is 2.28. The molecule has 30 heavy (non-hydrogen) atoms. The summed E-state index contributed by atoms with van der Waals surface area (Å²) in [4.78, 5) is 39.3. The van der Waals surface area contributed by atoms with Crippen LogP contribution in [-0.4, -0.2) is 72.7 Å². The van der Waals surface area contributed by atoms with E-state index < -0.39 is 30.4 Å². The number of aliphatic hydroxyl groups excluding tert-OH is 1. The summed E-state index contributed by atoms with van der Waals surface area (Å²) in [5, 5.41) is 14.9. The van der Waals surface area contributed by atoms with Crippen molar-refractivity contribution in [3.05, 3.63) is 35.9 Å². The number of hydrogen-bond acceptors (Lipinski definition) is 5. The Morgan fingerprint density at radius 2 is 1.73 bits per heavy atom. The molecule has 0 unspecified atom stereocenters. The molecule has 0 saturated carbocycles. The van der Waals surface area contributed by atoms with Crippen molar-refractivity contribution in [1.29, 1.82) is 0 Å². The SMILES string of the molecule is CC(C)C[C@H](NC(=O)N1CCOCC1)C(=O)N[C@@H](CCc1ccccc1)C(=O)CO. The van der Waals surface area contributed by atoms with Crippen molar-refractivity contribution in [1.82, 2.24) is 15.5 Å². The molecule has 2 rings (SSSR count). The molecule has 8 heteroatoms. The maximum Gasteiger partial charge on any atom is 0.318 e. The number of carbonyl (C=O) groups excluding carboxylic acids is 3. The quantitative estimate of drug-likeness (QED) is 0.527. The number of carbonyl (C=O) groups is 3. The molecule has 2 atom stereocenters. The van der Waals surface area contributed by atoms with Crippen molar-refractivity contribution >= 4 is 17.7 Å². The fraction of sp³-hybridized carbons (Fsp3) is 0.591. The van der Waals surface area contributed by atoms with Gasteiger partial charge >= 0.3 is 6.03 Å². The van der Waals surface area contributed by atoms with E-state index in [0.29, 0.717) is 45.6 Å². The monoisotopic (exact) mass is 419 g/mol. The maximum atomic E-state index is 12.9. The van der Waals surface area contributed by atoms with Crippen LogP contribution in [-0.2, 0) is 20.7 Å². The Morgan fingerprint density at radius 3 is 2.33 bits per heavy atom. The highest BCUT2D eigenvalue weighted by molar-refractivity contribution is 5.93. The summed E-state index contributed by atoms with van der Waals surface area (Å²) in [5.41, 5.74) is 1.04. The van der Waals surface area contributed by atoms with Crippen LogP contribution in [0.4, 0.5) is 4.79 Å². The van der Waals surface area contributed by atoms with Gasteiger partial charge in [-0.25, -0.2) is 4.79 Å². The van der Waals surface area contributed by atoms with E-state index in [2.05, 4.69) is 10.6 Å². The molecule has 3 N–H and O–H groups in total. The van der Waals surface area contributed by atoms with Gasteiger partial charge in [0.15, 0.2) is 5.78 Å². The van der Waals surface area contributed by atoms with E-state index in [1.807, 2.05) is 44.2 Å². The van der Waals surface area contributed by atoms with Crippen LogP contribution in [0.2, 0.25) is 0 Å². The van der Waals surface area contributed by atoms with Gasteiger partial charge in [-0.05, 0) is 30.7 Å². The lowest BCUT2D eigenvalue weighted by Crippen LogP contribution is -2.56. The third-order valence-corrected chi connectivity index (χ3v) is 5.05. The maximum absolute atomic E-state index is 12.9. The van der Waals surface area contributed by atoms with Gasteiger partial charge in [-0.2, -0.15) is 0 Å². The molecular formula is C22H33N3O5. The molecule has 0 aliphatic carbocycles. The highest BCUT2D eigenvalue weighted by Crippen LogP contribution is 2.10. The minimum atomic E-state index is -0.808. The third kappa shape index (κ3) is 7.76. The zero-order chi connectivity index (χ0) is 21.9. The van der Waals surface area contributed by atoms with Crippen LogP contribution >= 0.6 is 0 Å². The molecule has 1 aliphatic heterocycles. The summed E-state index contributed by atoms with van der Waals surface area (Å²) in [5.74, 6) is -0.686. The van der Waals surface area contributed by atoms with Gasteiger partial charge in [0.05, 0.1) is 19.3 Å². The fourth-order valence-electron chi connectivity index (χ4n) is 3.36. The number of nitrogens with one attached hydrogen (secondary N) is 2. The number of amides is 3. The zero-order valence-electron chi connectivity index (χ0n) is 17.8. The van der Waals surface area contributed by atoms with Gasteiger partial charge in [-0.15, -0.1) is 0 Å². The molecule has 1 heterocycles. The molecule has 1 aromatic carbocycles. The fourth-order valence-corrected chi connectivity index (χ4v) is 3.36. The van der Waals surface area contributed by atoms with Gasteiger partial charge in [-0.3, -0.25) is 9.59 Å². The van der Waals surface area contributed by atoms with Crippen LogP contribution in [0.15, 0.2) is 30.3 Å². The highest BCUT2D eigenvalue weighted by atomic mass is 16.5. The number of Topliss-reactive ketones (excluding diaryl/α,β-unsaturated/α-hetero) is 1. The van der Waals surface area contributed by atoms with Crippen molar-refractivity contribution in [3.63, 3.8) is 0 Å². The molecule has 3 amide bonds. The Morgan fingerprint density at radius 1 is 1.07 bits per heavy atom.